The van der Waals surface area contributed by atoms with E-state index in [1.165, 1.54) is 0 Å². The maximum atomic E-state index is 12.5. The molecule has 2 heterocycles. The minimum atomic E-state index is -0.229. The second-order valence-electron chi connectivity index (χ2n) is 6.38. The number of carbonyl (C=O) groups excluding carboxylic acids is 2. The monoisotopic (exact) mass is 362 g/mol. The molecule has 2 amide bonds. The van der Waals surface area contributed by atoms with Gasteiger partial charge in [0.05, 0.1) is 0 Å². The Bertz CT molecular complexity index is 994. The lowest BCUT2D eigenvalue weighted by molar-refractivity contribution is -0.117. The SMILES string of the molecule is Cc1noc(-c2ccc(C(=O)Nc3cccc(N4CCCC4=O)c3)cc2)n1. The van der Waals surface area contributed by atoms with Crippen molar-refractivity contribution in [2.45, 2.75) is 19.8 Å². The average molecular weight is 362 g/mol. The molecule has 0 aliphatic carbocycles. The molecule has 0 unspecified atom stereocenters. The summed E-state index contributed by atoms with van der Waals surface area (Å²) in [6.45, 7) is 2.46. The minimum absolute atomic E-state index is 0.116. The standard InChI is InChI=1S/C20H18N4O3/c1-13-21-20(27-23-13)15-9-7-14(8-10-15)19(26)22-16-4-2-5-17(12-16)24-11-3-6-18(24)25/h2,4-5,7-10,12H,3,6,11H2,1H3,(H,22,26). The van der Waals surface area contributed by atoms with Gasteiger partial charge in [0, 0.05) is 35.5 Å². The number of hydrogen-bond donors (Lipinski definition) is 1. The molecule has 3 aromatic rings. The van der Waals surface area contributed by atoms with E-state index in [4.69, 9.17) is 4.52 Å². The number of hydrogen-bond acceptors (Lipinski definition) is 5. The highest BCUT2D eigenvalue weighted by atomic mass is 16.5. The summed E-state index contributed by atoms with van der Waals surface area (Å²) >= 11 is 0. The molecule has 136 valence electrons. The smallest absolute Gasteiger partial charge is 0.257 e. The molecule has 0 atom stereocenters. The van der Waals surface area contributed by atoms with E-state index < -0.39 is 0 Å². The van der Waals surface area contributed by atoms with Crippen molar-refractivity contribution in [2.75, 3.05) is 16.8 Å². The summed E-state index contributed by atoms with van der Waals surface area (Å²) in [5, 5.41) is 6.63. The topological polar surface area (TPSA) is 88.3 Å². The van der Waals surface area contributed by atoms with Crippen molar-refractivity contribution in [3.8, 4) is 11.5 Å². The second kappa shape index (κ2) is 7.03. The van der Waals surface area contributed by atoms with Crippen LogP contribution in [0.3, 0.4) is 0 Å². The summed E-state index contributed by atoms with van der Waals surface area (Å²) in [7, 11) is 0. The van der Waals surface area contributed by atoms with Gasteiger partial charge in [-0.3, -0.25) is 9.59 Å². The molecule has 0 saturated carbocycles. The van der Waals surface area contributed by atoms with Crippen LogP contribution in [0, 0.1) is 6.92 Å². The molecular formula is C20H18N4O3. The molecule has 1 saturated heterocycles. The second-order valence-corrected chi connectivity index (χ2v) is 6.38. The fourth-order valence-corrected chi connectivity index (χ4v) is 3.05. The number of rotatable bonds is 4. The summed E-state index contributed by atoms with van der Waals surface area (Å²) in [5.74, 6) is 0.865. The lowest BCUT2D eigenvalue weighted by Crippen LogP contribution is -2.23. The molecular weight excluding hydrogens is 344 g/mol. The Morgan fingerprint density at radius 1 is 1.19 bits per heavy atom. The third kappa shape index (κ3) is 3.57. The van der Waals surface area contributed by atoms with E-state index in [1.807, 2.05) is 18.2 Å². The van der Waals surface area contributed by atoms with Crippen LogP contribution >= 0.6 is 0 Å². The van der Waals surface area contributed by atoms with Crippen molar-refractivity contribution in [3.63, 3.8) is 0 Å². The number of nitrogens with one attached hydrogen (secondary N) is 1. The number of nitrogens with zero attached hydrogens (tertiary/aromatic N) is 3. The fraction of sp³-hybridized carbons (Fsp3) is 0.200. The van der Waals surface area contributed by atoms with Gasteiger partial charge in [-0.05, 0) is 55.8 Å². The molecule has 1 aliphatic heterocycles. The molecule has 1 aromatic heterocycles. The van der Waals surface area contributed by atoms with Gasteiger partial charge >= 0.3 is 0 Å². The Balaban J connectivity index is 1.48. The van der Waals surface area contributed by atoms with Crippen molar-refractivity contribution in [3.05, 3.63) is 59.9 Å². The van der Waals surface area contributed by atoms with Crippen molar-refractivity contribution < 1.29 is 14.1 Å². The molecule has 2 aromatic carbocycles. The number of aromatic nitrogens is 2. The van der Waals surface area contributed by atoms with Gasteiger partial charge in [-0.15, -0.1) is 0 Å². The quantitative estimate of drug-likeness (QED) is 0.768. The van der Waals surface area contributed by atoms with Crippen molar-refractivity contribution in [2.24, 2.45) is 0 Å². The lowest BCUT2D eigenvalue weighted by atomic mass is 10.1. The van der Waals surface area contributed by atoms with E-state index in [0.29, 0.717) is 35.9 Å². The van der Waals surface area contributed by atoms with Crippen LogP contribution in [0.15, 0.2) is 53.1 Å². The molecule has 1 aliphatic rings. The van der Waals surface area contributed by atoms with Crippen LogP contribution in [-0.4, -0.2) is 28.5 Å². The van der Waals surface area contributed by atoms with Gasteiger partial charge in [0.25, 0.3) is 11.8 Å². The van der Waals surface area contributed by atoms with E-state index in [0.717, 1.165) is 17.7 Å². The maximum Gasteiger partial charge on any atom is 0.257 e. The Hall–Kier alpha value is -3.48. The molecule has 1 fully saturated rings. The van der Waals surface area contributed by atoms with Crippen LogP contribution in [0.1, 0.15) is 29.0 Å². The van der Waals surface area contributed by atoms with E-state index in [2.05, 4.69) is 15.5 Å². The van der Waals surface area contributed by atoms with Gasteiger partial charge in [-0.25, -0.2) is 0 Å². The van der Waals surface area contributed by atoms with Gasteiger partial charge in [0.2, 0.25) is 5.91 Å². The highest BCUT2D eigenvalue weighted by Gasteiger charge is 2.21. The third-order valence-electron chi connectivity index (χ3n) is 4.41. The van der Waals surface area contributed by atoms with Gasteiger partial charge in [-0.2, -0.15) is 4.98 Å². The molecule has 0 bridgehead atoms. The summed E-state index contributed by atoms with van der Waals surface area (Å²) < 4.78 is 5.12. The highest BCUT2D eigenvalue weighted by molar-refractivity contribution is 6.05. The van der Waals surface area contributed by atoms with Gasteiger partial charge in [0.1, 0.15) is 0 Å². The normalized spacial score (nSPS) is 13.8. The van der Waals surface area contributed by atoms with Crippen molar-refractivity contribution in [1.82, 2.24) is 10.1 Å². The first kappa shape index (κ1) is 17.0. The minimum Gasteiger partial charge on any atom is -0.334 e. The molecule has 4 rings (SSSR count). The zero-order chi connectivity index (χ0) is 18.8. The summed E-state index contributed by atoms with van der Waals surface area (Å²) in [6, 6.07) is 14.3. The fourth-order valence-electron chi connectivity index (χ4n) is 3.05. The van der Waals surface area contributed by atoms with Gasteiger partial charge in [0.15, 0.2) is 5.82 Å². The number of anilines is 2. The first-order valence-electron chi connectivity index (χ1n) is 8.73. The summed E-state index contributed by atoms with van der Waals surface area (Å²) in [4.78, 5) is 30.3. The third-order valence-corrected chi connectivity index (χ3v) is 4.41. The number of amides is 2. The van der Waals surface area contributed by atoms with Crippen LogP contribution < -0.4 is 10.2 Å². The van der Waals surface area contributed by atoms with Crippen molar-refractivity contribution in [1.29, 1.82) is 0 Å². The molecule has 0 spiro atoms. The zero-order valence-corrected chi connectivity index (χ0v) is 14.8. The van der Waals surface area contributed by atoms with E-state index in [1.54, 1.807) is 42.2 Å². The lowest BCUT2D eigenvalue weighted by Gasteiger charge is -2.16. The molecule has 7 nitrogen and oxygen atoms in total. The van der Waals surface area contributed by atoms with Crippen LogP contribution in [-0.2, 0) is 4.79 Å². The van der Waals surface area contributed by atoms with Gasteiger partial charge in [-0.1, -0.05) is 11.2 Å². The molecule has 0 radical (unpaired) electrons. The number of aryl methyl sites for hydroxylation is 1. The number of benzene rings is 2. The van der Waals surface area contributed by atoms with E-state index in [9.17, 15) is 9.59 Å². The first-order chi connectivity index (χ1) is 13.1. The predicted octanol–water partition coefficient (Wildman–Crippen LogP) is 3.42. The highest BCUT2D eigenvalue weighted by Crippen LogP contribution is 2.25. The molecule has 7 heteroatoms. The molecule has 1 N–H and O–H groups in total. The Morgan fingerprint density at radius 3 is 2.67 bits per heavy atom. The van der Waals surface area contributed by atoms with Crippen LogP contribution in [0.4, 0.5) is 11.4 Å². The van der Waals surface area contributed by atoms with Gasteiger partial charge < -0.3 is 14.7 Å². The first-order valence-corrected chi connectivity index (χ1v) is 8.73. The number of carbonyl (C=O) groups is 2. The van der Waals surface area contributed by atoms with E-state index >= 15 is 0 Å². The zero-order valence-electron chi connectivity index (χ0n) is 14.8. The van der Waals surface area contributed by atoms with Crippen LogP contribution in [0.25, 0.3) is 11.5 Å². The summed E-state index contributed by atoms with van der Waals surface area (Å²) in [5.41, 5.74) is 2.71. The van der Waals surface area contributed by atoms with Crippen LogP contribution in [0.5, 0.6) is 0 Å². The molecule has 27 heavy (non-hydrogen) atoms. The largest absolute Gasteiger partial charge is 0.334 e. The summed E-state index contributed by atoms with van der Waals surface area (Å²) in [6.07, 6.45) is 1.43. The average Bonchev–Trinajstić information content (AvgIpc) is 3.30. The van der Waals surface area contributed by atoms with E-state index in [-0.39, 0.29) is 11.8 Å². The Labute approximate surface area is 156 Å². The van der Waals surface area contributed by atoms with Crippen LogP contribution in [0.2, 0.25) is 0 Å². The predicted molar refractivity (Wildman–Crippen MR) is 100 cm³/mol. The van der Waals surface area contributed by atoms with Crippen molar-refractivity contribution >= 4 is 23.2 Å². The maximum absolute atomic E-state index is 12.5. The Kier molecular flexibility index (Phi) is 4.42. The Morgan fingerprint density at radius 2 is 2.00 bits per heavy atom.